The summed E-state index contributed by atoms with van der Waals surface area (Å²) in [5, 5.41) is 37.4. The van der Waals surface area contributed by atoms with Crippen molar-refractivity contribution in [2.24, 2.45) is 0 Å². The number of ether oxygens (including phenoxy) is 1. The van der Waals surface area contributed by atoms with Gasteiger partial charge in [0.2, 0.25) is 0 Å². The molecule has 1 heterocycles. The van der Waals surface area contributed by atoms with Gasteiger partial charge < -0.3 is 29.7 Å². The molecule has 0 saturated heterocycles. The molecule has 0 radical (unpaired) electrons. The zero-order chi connectivity index (χ0) is 22.5. The summed E-state index contributed by atoms with van der Waals surface area (Å²) >= 11 is 0. The maximum Gasteiger partial charge on any atom is 0.273 e. The maximum atomic E-state index is 12.2. The van der Waals surface area contributed by atoms with Crippen LogP contribution in [0, 0.1) is 10.1 Å². The highest BCUT2D eigenvalue weighted by atomic mass is 16.6. The lowest BCUT2D eigenvalue weighted by molar-refractivity contribution is -0.384. The number of rotatable bonds is 8. The molecule has 11 nitrogen and oxygen atoms in total. The first-order valence-corrected chi connectivity index (χ1v) is 9.13. The van der Waals surface area contributed by atoms with Crippen LogP contribution in [0.3, 0.4) is 0 Å². The molecule has 3 aromatic rings. The van der Waals surface area contributed by atoms with Gasteiger partial charge in [-0.1, -0.05) is 5.16 Å². The van der Waals surface area contributed by atoms with Crippen LogP contribution in [-0.4, -0.2) is 58.3 Å². The third-order valence-corrected chi connectivity index (χ3v) is 4.18. The predicted molar refractivity (Wildman–Crippen MR) is 109 cm³/mol. The summed E-state index contributed by atoms with van der Waals surface area (Å²) in [5.41, 5.74) is -0.0648. The third kappa shape index (κ3) is 5.28. The molecule has 2 aromatic carbocycles. The van der Waals surface area contributed by atoms with Crippen LogP contribution in [0.1, 0.15) is 10.5 Å². The van der Waals surface area contributed by atoms with Crippen molar-refractivity contribution in [3.8, 4) is 34.3 Å². The van der Waals surface area contributed by atoms with E-state index in [4.69, 9.17) is 9.26 Å². The molecule has 1 amide bonds. The minimum atomic E-state index is -0.547. The molecule has 162 valence electrons. The fraction of sp³-hybridized carbons (Fsp3) is 0.200. The Morgan fingerprint density at radius 3 is 2.58 bits per heavy atom. The minimum absolute atomic E-state index is 0.00192. The van der Waals surface area contributed by atoms with Gasteiger partial charge in [-0.05, 0) is 26.2 Å². The fourth-order valence-corrected chi connectivity index (χ4v) is 2.66. The van der Waals surface area contributed by atoms with E-state index in [1.807, 2.05) is 19.0 Å². The van der Waals surface area contributed by atoms with Crippen LogP contribution < -0.4 is 10.1 Å². The second-order valence-corrected chi connectivity index (χ2v) is 6.83. The average molecular weight is 428 g/mol. The van der Waals surface area contributed by atoms with Crippen LogP contribution in [0.4, 0.5) is 5.69 Å². The van der Waals surface area contributed by atoms with E-state index in [1.54, 1.807) is 0 Å². The molecule has 1 aromatic heterocycles. The van der Waals surface area contributed by atoms with E-state index in [-0.39, 0.29) is 45.7 Å². The molecule has 31 heavy (non-hydrogen) atoms. The van der Waals surface area contributed by atoms with Crippen molar-refractivity contribution in [2.45, 2.75) is 0 Å². The number of carbonyl (C=O) groups is 1. The highest BCUT2D eigenvalue weighted by Crippen LogP contribution is 2.43. The molecule has 0 aliphatic heterocycles. The Morgan fingerprint density at radius 2 is 1.94 bits per heavy atom. The number of aromatic hydroxyl groups is 2. The number of nitro benzene ring substituents is 1. The lowest BCUT2D eigenvalue weighted by atomic mass is 10.1. The Labute approximate surface area is 176 Å². The number of phenolic OH excluding ortho intramolecular Hbond substituents is 2. The number of nitro groups is 1. The van der Waals surface area contributed by atoms with Crippen molar-refractivity contribution in [1.29, 1.82) is 0 Å². The molecule has 0 spiro atoms. The molecular formula is C20H20N4O7. The summed E-state index contributed by atoms with van der Waals surface area (Å²) in [6.07, 6.45) is 0. The SMILES string of the molecule is CN(C)CCNC(=O)c1cc(-c2c(O)cc(O)cc2Oc2ccc([N+](=O)[O-])cc2)on1. The smallest absolute Gasteiger partial charge is 0.273 e. The minimum Gasteiger partial charge on any atom is -0.508 e. The first-order chi connectivity index (χ1) is 14.7. The first-order valence-electron chi connectivity index (χ1n) is 9.13. The second kappa shape index (κ2) is 9.13. The zero-order valence-electron chi connectivity index (χ0n) is 16.7. The van der Waals surface area contributed by atoms with Gasteiger partial charge in [0, 0.05) is 43.4 Å². The van der Waals surface area contributed by atoms with Gasteiger partial charge in [0.25, 0.3) is 11.6 Å². The summed E-state index contributed by atoms with van der Waals surface area (Å²) in [5.74, 6) is -0.841. The van der Waals surface area contributed by atoms with E-state index in [0.717, 1.165) is 6.07 Å². The van der Waals surface area contributed by atoms with E-state index in [1.165, 1.54) is 36.4 Å². The van der Waals surface area contributed by atoms with Crippen molar-refractivity contribution >= 4 is 11.6 Å². The van der Waals surface area contributed by atoms with E-state index >= 15 is 0 Å². The molecule has 3 rings (SSSR count). The van der Waals surface area contributed by atoms with Gasteiger partial charge in [0.15, 0.2) is 11.5 Å². The zero-order valence-corrected chi connectivity index (χ0v) is 16.7. The Kier molecular flexibility index (Phi) is 6.36. The Hall–Kier alpha value is -4.12. The van der Waals surface area contributed by atoms with Gasteiger partial charge in [-0.3, -0.25) is 14.9 Å². The lowest BCUT2D eigenvalue weighted by Gasteiger charge is -2.11. The summed E-state index contributed by atoms with van der Waals surface area (Å²) in [6.45, 7) is 1.05. The van der Waals surface area contributed by atoms with Crippen LogP contribution in [0.2, 0.25) is 0 Å². The van der Waals surface area contributed by atoms with E-state index in [9.17, 15) is 25.1 Å². The summed E-state index contributed by atoms with van der Waals surface area (Å²) in [4.78, 5) is 24.4. The van der Waals surface area contributed by atoms with E-state index in [0.29, 0.717) is 13.1 Å². The topological polar surface area (TPSA) is 151 Å². The maximum absolute atomic E-state index is 12.2. The largest absolute Gasteiger partial charge is 0.508 e. The highest BCUT2D eigenvalue weighted by molar-refractivity contribution is 5.93. The second-order valence-electron chi connectivity index (χ2n) is 6.83. The van der Waals surface area contributed by atoms with Gasteiger partial charge in [-0.2, -0.15) is 0 Å². The number of hydrogen-bond donors (Lipinski definition) is 3. The molecule has 0 fully saturated rings. The standard InChI is InChI=1S/C20H20N4O7/c1-23(2)8-7-21-20(27)15-11-18(31-22-15)19-16(26)9-13(25)10-17(19)30-14-5-3-12(4-6-14)24(28)29/h3-6,9-11,25-26H,7-8H2,1-2H3,(H,21,27). The number of amides is 1. The highest BCUT2D eigenvalue weighted by Gasteiger charge is 2.21. The number of phenols is 2. The molecule has 0 unspecified atom stereocenters. The van der Waals surface area contributed by atoms with Gasteiger partial charge in [0.1, 0.15) is 28.6 Å². The van der Waals surface area contributed by atoms with Crippen LogP contribution in [-0.2, 0) is 0 Å². The normalized spacial score (nSPS) is 10.8. The number of likely N-dealkylation sites (N-methyl/N-ethyl adjacent to an activating group) is 1. The van der Waals surface area contributed by atoms with Crippen molar-refractivity contribution in [2.75, 3.05) is 27.2 Å². The van der Waals surface area contributed by atoms with Crippen LogP contribution in [0.15, 0.2) is 47.0 Å². The Bertz CT molecular complexity index is 1090. The quantitative estimate of drug-likeness (QED) is 0.363. The molecule has 11 heteroatoms. The summed E-state index contributed by atoms with van der Waals surface area (Å²) in [7, 11) is 3.75. The van der Waals surface area contributed by atoms with Crippen LogP contribution in [0.25, 0.3) is 11.3 Å². The number of non-ortho nitro benzene ring substituents is 1. The number of benzene rings is 2. The Morgan fingerprint density at radius 1 is 1.23 bits per heavy atom. The molecule has 0 atom stereocenters. The Balaban J connectivity index is 1.87. The number of aromatic nitrogens is 1. The van der Waals surface area contributed by atoms with Crippen molar-refractivity contribution < 1.29 is 29.2 Å². The van der Waals surface area contributed by atoms with Gasteiger partial charge >= 0.3 is 0 Å². The van der Waals surface area contributed by atoms with E-state index < -0.39 is 10.8 Å². The summed E-state index contributed by atoms with van der Waals surface area (Å²) in [6, 6.07) is 8.89. The molecule has 0 aliphatic carbocycles. The monoisotopic (exact) mass is 428 g/mol. The van der Waals surface area contributed by atoms with Gasteiger partial charge in [-0.15, -0.1) is 0 Å². The fourth-order valence-electron chi connectivity index (χ4n) is 2.66. The third-order valence-electron chi connectivity index (χ3n) is 4.18. The van der Waals surface area contributed by atoms with Crippen LogP contribution in [0.5, 0.6) is 23.0 Å². The summed E-state index contributed by atoms with van der Waals surface area (Å²) < 4.78 is 10.9. The average Bonchev–Trinajstić information content (AvgIpc) is 3.17. The molecular weight excluding hydrogens is 408 g/mol. The molecule has 0 aliphatic rings. The van der Waals surface area contributed by atoms with Crippen molar-refractivity contribution in [3.05, 3.63) is 58.3 Å². The molecule has 3 N–H and O–H groups in total. The number of nitrogens with zero attached hydrogens (tertiary/aromatic N) is 3. The van der Waals surface area contributed by atoms with Crippen LogP contribution >= 0.6 is 0 Å². The number of carbonyl (C=O) groups excluding carboxylic acids is 1. The van der Waals surface area contributed by atoms with Gasteiger partial charge in [0.05, 0.1) is 4.92 Å². The number of nitrogens with one attached hydrogen (secondary N) is 1. The van der Waals surface area contributed by atoms with Crippen molar-refractivity contribution in [1.82, 2.24) is 15.4 Å². The molecule has 0 saturated carbocycles. The van der Waals surface area contributed by atoms with Crippen molar-refractivity contribution in [3.63, 3.8) is 0 Å². The first kappa shape index (κ1) is 21.6. The predicted octanol–water partition coefficient (Wildman–Crippen LogP) is 2.74. The van der Waals surface area contributed by atoms with E-state index in [2.05, 4.69) is 10.5 Å². The molecule has 0 bridgehead atoms. The lowest BCUT2D eigenvalue weighted by Crippen LogP contribution is -2.31. The number of hydrogen-bond acceptors (Lipinski definition) is 9. The van der Waals surface area contributed by atoms with Gasteiger partial charge in [-0.25, -0.2) is 0 Å².